The van der Waals surface area contributed by atoms with Crippen LogP contribution in [0.5, 0.6) is 5.75 Å². The first-order valence-electron chi connectivity index (χ1n) is 13.4. The van der Waals surface area contributed by atoms with Crippen molar-refractivity contribution in [1.82, 2.24) is 15.3 Å². The minimum atomic E-state index is -1.01. The second-order valence-electron chi connectivity index (χ2n) is 9.70. The van der Waals surface area contributed by atoms with Crippen molar-refractivity contribution in [2.24, 2.45) is 0 Å². The molecular formula is C29H34N6O2. The maximum absolute atomic E-state index is 13.3. The quantitative estimate of drug-likeness (QED) is 0.516. The van der Waals surface area contributed by atoms with Crippen LogP contribution in [0.25, 0.3) is 11.0 Å². The van der Waals surface area contributed by atoms with E-state index in [1.54, 1.807) is 0 Å². The number of hydrogen-bond acceptors (Lipinski definition) is 7. The highest BCUT2D eigenvalue weighted by Gasteiger charge is 2.32. The van der Waals surface area contributed by atoms with Gasteiger partial charge in [0.2, 0.25) is 5.91 Å². The molecule has 192 valence electrons. The standard InChI is InChI=1S/C29H34N6O2/c1-2-37-26-15-9-8-14-25(26)34-16-18-35(19-17-34)28-27(32-23-12-6-7-13-24(23)33-28)22(20-30)29(36)31-21-10-4-3-5-11-21/h6-9,12-15,21-22H,2-5,10-11,16-19H2,1H3,(H,31,36). The van der Waals surface area contributed by atoms with Gasteiger partial charge >= 0.3 is 0 Å². The Bertz CT molecular complexity index is 1270. The van der Waals surface area contributed by atoms with Crippen LogP contribution in [0.3, 0.4) is 0 Å². The van der Waals surface area contributed by atoms with Crippen molar-refractivity contribution in [3.63, 3.8) is 0 Å². The molecular weight excluding hydrogens is 464 g/mol. The number of hydrogen-bond donors (Lipinski definition) is 1. The summed E-state index contributed by atoms with van der Waals surface area (Å²) in [4.78, 5) is 27.5. The van der Waals surface area contributed by atoms with Crippen molar-refractivity contribution in [3.8, 4) is 11.8 Å². The molecule has 2 aliphatic rings. The molecule has 1 atom stereocenters. The van der Waals surface area contributed by atoms with E-state index < -0.39 is 5.92 Å². The highest BCUT2D eigenvalue weighted by atomic mass is 16.5. The molecule has 5 rings (SSSR count). The van der Waals surface area contributed by atoms with E-state index in [0.717, 1.165) is 55.7 Å². The molecule has 0 radical (unpaired) electrons. The number of nitrogens with one attached hydrogen (secondary N) is 1. The van der Waals surface area contributed by atoms with E-state index in [1.807, 2.05) is 49.4 Å². The smallest absolute Gasteiger partial charge is 0.243 e. The SMILES string of the molecule is CCOc1ccccc1N1CCN(c2nc3ccccc3nc2C(C#N)C(=O)NC2CCCCC2)CC1. The number of piperazine rings is 1. The van der Waals surface area contributed by atoms with E-state index >= 15 is 0 Å². The topological polar surface area (TPSA) is 94.4 Å². The molecule has 1 N–H and O–H groups in total. The number of nitriles is 1. The zero-order valence-corrected chi connectivity index (χ0v) is 21.4. The van der Waals surface area contributed by atoms with E-state index in [2.05, 4.69) is 27.3 Å². The van der Waals surface area contributed by atoms with Gasteiger partial charge in [0.05, 0.1) is 29.4 Å². The van der Waals surface area contributed by atoms with E-state index in [4.69, 9.17) is 14.7 Å². The van der Waals surface area contributed by atoms with Gasteiger partial charge in [0.25, 0.3) is 0 Å². The molecule has 1 unspecified atom stereocenters. The van der Waals surface area contributed by atoms with Crippen molar-refractivity contribution in [2.45, 2.75) is 51.0 Å². The van der Waals surface area contributed by atoms with Gasteiger partial charge in [0.1, 0.15) is 11.4 Å². The molecule has 1 aliphatic carbocycles. The lowest BCUT2D eigenvalue weighted by molar-refractivity contribution is -0.122. The van der Waals surface area contributed by atoms with Crippen LogP contribution in [0.4, 0.5) is 11.5 Å². The highest BCUT2D eigenvalue weighted by Crippen LogP contribution is 2.32. The molecule has 1 aromatic heterocycles. The van der Waals surface area contributed by atoms with Crippen LogP contribution in [0.2, 0.25) is 0 Å². The molecule has 1 amide bonds. The Morgan fingerprint density at radius 1 is 1.00 bits per heavy atom. The lowest BCUT2D eigenvalue weighted by Gasteiger charge is -2.38. The molecule has 0 spiro atoms. The molecule has 2 fully saturated rings. The van der Waals surface area contributed by atoms with Crippen LogP contribution in [-0.2, 0) is 4.79 Å². The Balaban J connectivity index is 1.41. The Morgan fingerprint density at radius 3 is 2.35 bits per heavy atom. The largest absolute Gasteiger partial charge is 0.492 e. The monoisotopic (exact) mass is 498 g/mol. The summed E-state index contributed by atoms with van der Waals surface area (Å²) in [5.74, 6) is 0.227. The number of nitrogens with zero attached hydrogens (tertiary/aromatic N) is 5. The average Bonchev–Trinajstić information content (AvgIpc) is 2.94. The maximum atomic E-state index is 13.3. The van der Waals surface area contributed by atoms with Gasteiger partial charge in [-0.05, 0) is 44.0 Å². The first-order valence-corrected chi connectivity index (χ1v) is 13.4. The molecule has 8 heteroatoms. The van der Waals surface area contributed by atoms with Crippen LogP contribution in [-0.4, -0.2) is 54.7 Å². The number of para-hydroxylation sites is 4. The summed E-state index contributed by atoms with van der Waals surface area (Å²) >= 11 is 0. The fourth-order valence-corrected chi connectivity index (χ4v) is 5.36. The Morgan fingerprint density at radius 2 is 1.65 bits per heavy atom. The first-order chi connectivity index (χ1) is 18.2. The van der Waals surface area contributed by atoms with Crippen LogP contribution in [0.15, 0.2) is 48.5 Å². The Kier molecular flexibility index (Phi) is 7.69. The number of amides is 1. The van der Waals surface area contributed by atoms with Crippen molar-refractivity contribution in [2.75, 3.05) is 42.6 Å². The normalized spacial score (nSPS) is 17.3. The van der Waals surface area contributed by atoms with E-state index in [0.29, 0.717) is 36.7 Å². The number of carbonyl (C=O) groups excluding carboxylic acids is 1. The number of carbonyl (C=O) groups is 1. The van der Waals surface area contributed by atoms with Crippen LogP contribution >= 0.6 is 0 Å². The average molecular weight is 499 g/mol. The number of anilines is 2. The van der Waals surface area contributed by atoms with Crippen molar-refractivity contribution >= 4 is 28.4 Å². The molecule has 37 heavy (non-hydrogen) atoms. The number of fused-ring (bicyclic) bond motifs is 1. The van der Waals surface area contributed by atoms with E-state index in [1.165, 1.54) is 6.42 Å². The number of benzene rings is 2. The summed E-state index contributed by atoms with van der Waals surface area (Å²) in [5.41, 5.74) is 2.97. The molecule has 1 aliphatic heterocycles. The fraction of sp³-hybridized carbons (Fsp3) is 0.448. The summed E-state index contributed by atoms with van der Waals surface area (Å²) in [6.45, 7) is 5.54. The van der Waals surface area contributed by atoms with Crippen LogP contribution in [0, 0.1) is 11.3 Å². The van der Waals surface area contributed by atoms with Crippen molar-refractivity contribution in [3.05, 3.63) is 54.2 Å². The summed E-state index contributed by atoms with van der Waals surface area (Å²) in [6, 6.07) is 18.1. The van der Waals surface area contributed by atoms with Crippen molar-refractivity contribution < 1.29 is 9.53 Å². The number of ether oxygens (including phenoxy) is 1. The predicted octanol–water partition coefficient (Wildman–Crippen LogP) is 4.41. The first kappa shape index (κ1) is 24.8. The third kappa shape index (κ3) is 5.46. The summed E-state index contributed by atoms with van der Waals surface area (Å²) in [5, 5.41) is 13.3. The molecule has 3 aromatic rings. The second kappa shape index (κ2) is 11.5. The highest BCUT2D eigenvalue weighted by molar-refractivity contribution is 5.89. The number of rotatable bonds is 7. The van der Waals surface area contributed by atoms with Crippen molar-refractivity contribution in [1.29, 1.82) is 5.26 Å². The van der Waals surface area contributed by atoms with Gasteiger partial charge in [-0.25, -0.2) is 9.97 Å². The predicted molar refractivity (Wildman–Crippen MR) is 145 cm³/mol. The molecule has 1 saturated carbocycles. The van der Waals surface area contributed by atoms with Gasteiger partial charge in [-0.1, -0.05) is 43.5 Å². The van der Waals surface area contributed by atoms with Gasteiger partial charge in [-0.3, -0.25) is 4.79 Å². The third-order valence-electron chi connectivity index (χ3n) is 7.28. The van der Waals surface area contributed by atoms with Gasteiger partial charge < -0.3 is 19.9 Å². The fourth-order valence-electron chi connectivity index (χ4n) is 5.36. The Hall–Kier alpha value is -3.86. The van der Waals surface area contributed by atoms with Gasteiger partial charge in [-0.15, -0.1) is 0 Å². The molecule has 8 nitrogen and oxygen atoms in total. The zero-order valence-electron chi connectivity index (χ0n) is 21.4. The second-order valence-corrected chi connectivity index (χ2v) is 9.70. The lowest BCUT2D eigenvalue weighted by atomic mass is 9.94. The third-order valence-corrected chi connectivity index (χ3v) is 7.28. The maximum Gasteiger partial charge on any atom is 0.243 e. The van der Waals surface area contributed by atoms with Crippen LogP contribution in [0.1, 0.15) is 50.6 Å². The molecule has 0 bridgehead atoms. The molecule has 1 saturated heterocycles. The van der Waals surface area contributed by atoms with Crippen LogP contribution < -0.4 is 19.9 Å². The van der Waals surface area contributed by atoms with E-state index in [-0.39, 0.29) is 11.9 Å². The Labute approximate surface area is 218 Å². The van der Waals surface area contributed by atoms with Gasteiger partial charge in [0, 0.05) is 32.2 Å². The molecule has 2 heterocycles. The summed E-state index contributed by atoms with van der Waals surface area (Å²) in [7, 11) is 0. The number of aromatic nitrogens is 2. The molecule has 2 aromatic carbocycles. The summed E-state index contributed by atoms with van der Waals surface area (Å²) < 4.78 is 5.85. The summed E-state index contributed by atoms with van der Waals surface area (Å²) in [6.07, 6.45) is 5.35. The minimum Gasteiger partial charge on any atom is -0.492 e. The van der Waals surface area contributed by atoms with Gasteiger partial charge in [-0.2, -0.15) is 5.26 Å². The van der Waals surface area contributed by atoms with E-state index in [9.17, 15) is 10.1 Å². The minimum absolute atomic E-state index is 0.128. The lowest BCUT2D eigenvalue weighted by Crippen LogP contribution is -2.47. The van der Waals surface area contributed by atoms with Gasteiger partial charge in [0.15, 0.2) is 11.7 Å². The zero-order chi connectivity index (χ0) is 25.6.